The molecule has 16 heavy (non-hydrogen) atoms. The lowest BCUT2D eigenvalue weighted by Gasteiger charge is -2.28. The number of nitrogens with one attached hydrogen (secondary N) is 1. The van der Waals surface area contributed by atoms with E-state index in [0.29, 0.717) is 6.61 Å². The highest BCUT2D eigenvalue weighted by atomic mass is 35.5. The molecule has 1 atom stereocenters. The van der Waals surface area contributed by atoms with Crippen molar-refractivity contribution >= 4 is 22.9 Å². The number of aliphatic hydroxyl groups excluding tert-OH is 1. The Kier molecular flexibility index (Phi) is 4.21. The second kappa shape index (κ2) is 5.47. The zero-order valence-corrected chi connectivity index (χ0v) is 10.6. The number of hydrogen-bond donors (Lipinski definition) is 2. The van der Waals surface area contributed by atoms with Crippen LogP contribution in [-0.4, -0.2) is 30.5 Å². The summed E-state index contributed by atoms with van der Waals surface area (Å²) in [5, 5.41) is 15.4. The third-order valence-electron chi connectivity index (χ3n) is 3.01. The summed E-state index contributed by atoms with van der Waals surface area (Å²) in [7, 11) is 0. The average Bonchev–Trinajstić information content (AvgIpc) is 2.86. The molecule has 1 aliphatic rings. The van der Waals surface area contributed by atoms with Crippen LogP contribution in [0, 0.1) is 0 Å². The van der Waals surface area contributed by atoms with Gasteiger partial charge in [-0.05, 0) is 24.3 Å². The molecule has 0 aromatic carbocycles. The number of aliphatic hydroxyl groups is 1. The molecule has 0 radical (unpaired) electrons. The molecular formula is C11H16ClNO2S. The Morgan fingerprint density at radius 1 is 1.62 bits per heavy atom. The minimum Gasteiger partial charge on any atom is -0.396 e. The smallest absolute Gasteiger partial charge is 0.0650 e. The van der Waals surface area contributed by atoms with Crippen LogP contribution in [0.3, 0.4) is 0 Å². The van der Waals surface area contributed by atoms with Crippen LogP contribution in [0.5, 0.6) is 0 Å². The van der Waals surface area contributed by atoms with Crippen molar-refractivity contribution in [1.29, 1.82) is 0 Å². The summed E-state index contributed by atoms with van der Waals surface area (Å²) in [6.45, 7) is 2.39. The molecule has 5 heteroatoms. The van der Waals surface area contributed by atoms with Crippen molar-refractivity contribution in [2.45, 2.75) is 24.9 Å². The van der Waals surface area contributed by atoms with E-state index in [2.05, 4.69) is 5.32 Å². The largest absolute Gasteiger partial charge is 0.396 e. The van der Waals surface area contributed by atoms with Crippen LogP contribution in [0.4, 0.5) is 0 Å². The van der Waals surface area contributed by atoms with Gasteiger partial charge < -0.3 is 15.2 Å². The van der Waals surface area contributed by atoms with E-state index < -0.39 is 0 Å². The summed E-state index contributed by atoms with van der Waals surface area (Å²) in [6, 6.07) is 1.91. The van der Waals surface area contributed by atoms with Crippen LogP contribution >= 0.6 is 22.9 Å². The van der Waals surface area contributed by atoms with E-state index in [9.17, 15) is 0 Å². The first-order valence-corrected chi connectivity index (χ1v) is 6.67. The molecule has 2 N–H and O–H groups in total. The summed E-state index contributed by atoms with van der Waals surface area (Å²) in [4.78, 5) is 1.14. The van der Waals surface area contributed by atoms with Crippen molar-refractivity contribution in [1.82, 2.24) is 5.32 Å². The van der Waals surface area contributed by atoms with Crippen LogP contribution in [0.25, 0.3) is 0 Å². The standard InChI is InChI=1S/C11H16ClNO2S/c12-9-1-6-16-10(9)7-13-11(2-4-14)3-5-15-8-11/h1,6,13-14H,2-5,7-8H2/t11-/m1/s1. The van der Waals surface area contributed by atoms with E-state index in [1.807, 2.05) is 11.4 Å². The molecule has 0 bridgehead atoms. The fraction of sp³-hybridized carbons (Fsp3) is 0.636. The van der Waals surface area contributed by atoms with E-state index in [4.69, 9.17) is 21.4 Å². The quantitative estimate of drug-likeness (QED) is 0.852. The number of hydrogen-bond acceptors (Lipinski definition) is 4. The van der Waals surface area contributed by atoms with Gasteiger partial charge in [-0.1, -0.05) is 11.6 Å². The van der Waals surface area contributed by atoms with Crippen molar-refractivity contribution in [3.8, 4) is 0 Å². The lowest BCUT2D eigenvalue weighted by Crippen LogP contribution is -2.46. The lowest BCUT2D eigenvalue weighted by molar-refractivity contribution is 0.146. The van der Waals surface area contributed by atoms with Gasteiger partial charge in [-0.25, -0.2) is 0 Å². The van der Waals surface area contributed by atoms with Crippen LogP contribution in [0.1, 0.15) is 17.7 Å². The van der Waals surface area contributed by atoms with E-state index in [0.717, 1.165) is 35.9 Å². The van der Waals surface area contributed by atoms with E-state index in [1.54, 1.807) is 11.3 Å². The first kappa shape index (κ1) is 12.3. The molecule has 2 heterocycles. The van der Waals surface area contributed by atoms with Gasteiger partial charge in [0, 0.05) is 30.2 Å². The van der Waals surface area contributed by atoms with Gasteiger partial charge in [-0.2, -0.15) is 0 Å². The molecule has 0 spiro atoms. The second-order valence-corrected chi connectivity index (χ2v) is 5.51. The van der Waals surface area contributed by atoms with Crippen LogP contribution in [-0.2, 0) is 11.3 Å². The maximum absolute atomic E-state index is 9.08. The monoisotopic (exact) mass is 261 g/mol. The number of halogens is 1. The molecule has 0 aliphatic carbocycles. The maximum Gasteiger partial charge on any atom is 0.0650 e. The minimum atomic E-state index is -0.0674. The summed E-state index contributed by atoms with van der Waals surface area (Å²) in [6.07, 6.45) is 1.69. The Balaban J connectivity index is 1.94. The van der Waals surface area contributed by atoms with Gasteiger partial charge in [-0.15, -0.1) is 11.3 Å². The molecule has 1 saturated heterocycles. The molecule has 0 saturated carbocycles. The van der Waals surface area contributed by atoms with Gasteiger partial charge >= 0.3 is 0 Å². The van der Waals surface area contributed by atoms with Crippen LogP contribution in [0.15, 0.2) is 11.4 Å². The van der Waals surface area contributed by atoms with Crippen molar-refractivity contribution < 1.29 is 9.84 Å². The summed E-state index contributed by atoms with van der Waals surface area (Å²) >= 11 is 7.69. The SMILES string of the molecule is OCC[C@@]1(NCc2sccc2Cl)CCOC1. The topological polar surface area (TPSA) is 41.5 Å². The molecule has 1 aromatic rings. The van der Waals surface area contributed by atoms with Crippen molar-refractivity contribution in [3.63, 3.8) is 0 Å². The molecule has 1 aliphatic heterocycles. The van der Waals surface area contributed by atoms with Gasteiger partial charge in [0.25, 0.3) is 0 Å². The summed E-state index contributed by atoms with van der Waals surface area (Å²) < 4.78 is 5.41. The highest BCUT2D eigenvalue weighted by Gasteiger charge is 2.33. The predicted octanol–water partition coefficient (Wildman–Crippen LogP) is 2.03. The van der Waals surface area contributed by atoms with Crippen molar-refractivity contribution in [2.75, 3.05) is 19.8 Å². The lowest BCUT2D eigenvalue weighted by atomic mass is 9.95. The van der Waals surface area contributed by atoms with Gasteiger partial charge in [-0.3, -0.25) is 0 Å². The zero-order valence-electron chi connectivity index (χ0n) is 9.04. The van der Waals surface area contributed by atoms with Gasteiger partial charge in [0.15, 0.2) is 0 Å². The predicted molar refractivity (Wildman–Crippen MR) is 66.0 cm³/mol. The first-order chi connectivity index (χ1) is 7.76. The third kappa shape index (κ3) is 2.76. The Bertz CT molecular complexity index is 336. The third-order valence-corrected chi connectivity index (χ3v) is 4.40. The molecular weight excluding hydrogens is 246 g/mol. The first-order valence-electron chi connectivity index (χ1n) is 5.41. The van der Waals surface area contributed by atoms with E-state index in [1.165, 1.54) is 0 Å². The van der Waals surface area contributed by atoms with Crippen molar-refractivity contribution in [2.24, 2.45) is 0 Å². The van der Waals surface area contributed by atoms with Crippen LogP contribution in [0.2, 0.25) is 5.02 Å². The zero-order chi connectivity index (χ0) is 11.4. The Morgan fingerprint density at radius 3 is 3.06 bits per heavy atom. The van der Waals surface area contributed by atoms with Gasteiger partial charge in [0.1, 0.15) is 0 Å². The summed E-state index contributed by atoms with van der Waals surface area (Å²) in [5.74, 6) is 0. The number of rotatable bonds is 5. The highest BCUT2D eigenvalue weighted by molar-refractivity contribution is 7.10. The normalized spacial score (nSPS) is 25.1. The Labute approximate surface area is 104 Å². The molecule has 1 fully saturated rings. The Hall–Kier alpha value is -0.130. The molecule has 90 valence electrons. The highest BCUT2D eigenvalue weighted by Crippen LogP contribution is 2.26. The minimum absolute atomic E-state index is 0.0674. The molecule has 0 amide bonds. The number of ether oxygens (including phenoxy) is 1. The number of thiophene rings is 1. The molecule has 2 rings (SSSR count). The maximum atomic E-state index is 9.08. The average molecular weight is 262 g/mol. The summed E-state index contributed by atoms with van der Waals surface area (Å²) in [5.41, 5.74) is -0.0674. The molecule has 1 aromatic heterocycles. The van der Waals surface area contributed by atoms with E-state index >= 15 is 0 Å². The van der Waals surface area contributed by atoms with Gasteiger partial charge in [0.05, 0.1) is 11.6 Å². The van der Waals surface area contributed by atoms with Crippen LogP contribution < -0.4 is 5.32 Å². The fourth-order valence-electron chi connectivity index (χ4n) is 1.97. The van der Waals surface area contributed by atoms with Gasteiger partial charge in [0.2, 0.25) is 0 Å². The Morgan fingerprint density at radius 2 is 2.50 bits per heavy atom. The second-order valence-electron chi connectivity index (χ2n) is 4.10. The molecule has 0 unspecified atom stereocenters. The fourth-order valence-corrected chi connectivity index (χ4v) is 3.01. The molecule has 3 nitrogen and oxygen atoms in total. The van der Waals surface area contributed by atoms with E-state index in [-0.39, 0.29) is 12.1 Å². The van der Waals surface area contributed by atoms with Crippen molar-refractivity contribution in [3.05, 3.63) is 21.3 Å².